The standard InChI is InChI=1S/C20H21NO3/c1-3-13-21-20(22)12-10-16-9-11-18(19(14-16)23-2)24-15-17-7-5-4-6-8-17/h3-12,14H,1,13,15H2,2H3,(H,21,22)/b12-10+. The van der Waals surface area contributed by atoms with Gasteiger partial charge in [0.05, 0.1) is 7.11 Å². The molecule has 4 nitrogen and oxygen atoms in total. The molecule has 1 amide bonds. The third kappa shape index (κ3) is 5.32. The van der Waals surface area contributed by atoms with Gasteiger partial charge in [0.1, 0.15) is 6.61 Å². The molecule has 0 saturated heterocycles. The molecule has 0 radical (unpaired) electrons. The molecule has 2 rings (SSSR count). The van der Waals surface area contributed by atoms with Gasteiger partial charge in [0, 0.05) is 12.6 Å². The monoisotopic (exact) mass is 323 g/mol. The van der Waals surface area contributed by atoms with E-state index in [9.17, 15) is 4.79 Å². The first kappa shape index (κ1) is 17.3. The third-order valence-electron chi connectivity index (χ3n) is 3.27. The summed E-state index contributed by atoms with van der Waals surface area (Å²) < 4.78 is 11.2. The minimum absolute atomic E-state index is 0.168. The Morgan fingerprint density at radius 3 is 2.67 bits per heavy atom. The van der Waals surface area contributed by atoms with E-state index < -0.39 is 0 Å². The van der Waals surface area contributed by atoms with Crippen LogP contribution in [0.1, 0.15) is 11.1 Å². The summed E-state index contributed by atoms with van der Waals surface area (Å²) in [5.74, 6) is 1.12. The zero-order valence-electron chi connectivity index (χ0n) is 13.7. The number of carbonyl (C=O) groups is 1. The summed E-state index contributed by atoms with van der Waals surface area (Å²) in [5.41, 5.74) is 1.94. The molecule has 0 fully saturated rings. The van der Waals surface area contributed by atoms with Crippen molar-refractivity contribution in [3.05, 3.63) is 78.4 Å². The van der Waals surface area contributed by atoms with E-state index in [1.54, 1.807) is 19.3 Å². The smallest absolute Gasteiger partial charge is 0.244 e. The van der Waals surface area contributed by atoms with Crippen LogP contribution in [-0.4, -0.2) is 19.6 Å². The largest absolute Gasteiger partial charge is 0.493 e. The lowest BCUT2D eigenvalue weighted by Gasteiger charge is -2.11. The summed E-state index contributed by atoms with van der Waals surface area (Å²) in [7, 11) is 1.59. The summed E-state index contributed by atoms with van der Waals surface area (Å²) in [6, 6.07) is 15.5. The van der Waals surface area contributed by atoms with Gasteiger partial charge in [-0.15, -0.1) is 6.58 Å². The summed E-state index contributed by atoms with van der Waals surface area (Å²) in [6.45, 7) is 4.47. The van der Waals surface area contributed by atoms with Gasteiger partial charge >= 0.3 is 0 Å². The molecule has 0 aliphatic heterocycles. The Bertz CT molecular complexity index is 708. The highest BCUT2D eigenvalue weighted by Gasteiger charge is 2.05. The first-order valence-electron chi connectivity index (χ1n) is 7.64. The van der Waals surface area contributed by atoms with Gasteiger partial charge < -0.3 is 14.8 Å². The Labute approximate surface area is 142 Å². The molecule has 0 aliphatic carbocycles. The predicted molar refractivity (Wildman–Crippen MR) is 96.0 cm³/mol. The van der Waals surface area contributed by atoms with Crippen LogP contribution in [0.4, 0.5) is 0 Å². The van der Waals surface area contributed by atoms with E-state index in [2.05, 4.69) is 11.9 Å². The van der Waals surface area contributed by atoms with Crippen LogP contribution in [0.5, 0.6) is 11.5 Å². The fourth-order valence-electron chi connectivity index (χ4n) is 2.05. The lowest BCUT2D eigenvalue weighted by molar-refractivity contribution is -0.116. The average molecular weight is 323 g/mol. The summed E-state index contributed by atoms with van der Waals surface area (Å²) in [5, 5.41) is 2.68. The number of hydrogen-bond donors (Lipinski definition) is 1. The molecule has 0 saturated carbocycles. The van der Waals surface area contributed by atoms with Crippen LogP contribution in [0.25, 0.3) is 6.08 Å². The van der Waals surface area contributed by atoms with Crippen LogP contribution in [0.3, 0.4) is 0 Å². The molecule has 24 heavy (non-hydrogen) atoms. The van der Waals surface area contributed by atoms with Crippen LogP contribution in [0.15, 0.2) is 67.3 Å². The van der Waals surface area contributed by atoms with Crippen molar-refractivity contribution < 1.29 is 14.3 Å². The maximum absolute atomic E-state index is 11.6. The molecule has 0 heterocycles. The van der Waals surface area contributed by atoms with Gasteiger partial charge in [-0.3, -0.25) is 4.79 Å². The van der Waals surface area contributed by atoms with Crippen molar-refractivity contribution in [3.63, 3.8) is 0 Å². The topological polar surface area (TPSA) is 47.6 Å². The van der Waals surface area contributed by atoms with E-state index in [0.29, 0.717) is 24.7 Å². The van der Waals surface area contributed by atoms with Gasteiger partial charge in [-0.05, 0) is 29.3 Å². The fourth-order valence-corrected chi connectivity index (χ4v) is 2.05. The zero-order chi connectivity index (χ0) is 17.2. The average Bonchev–Trinajstić information content (AvgIpc) is 2.64. The van der Waals surface area contributed by atoms with Gasteiger partial charge in [0.15, 0.2) is 11.5 Å². The van der Waals surface area contributed by atoms with Crippen molar-refractivity contribution in [2.24, 2.45) is 0 Å². The van der Waals surface area contributed by atoms with Crippen molar-refractivity contribution >= 4 is 12.0 Å². The number of hydrogen-bond acceptors (Lipinski definition) is 3. The zero-order valence-corrected chi connectivity index (χ0v) is 13.7. The number of methoxy groups -OCH3 is 1. The van der Waals surface area contributed by atoms with Crippen LogP contribution < -0.4 is 14.8 Å². The third-order valence-corrected chi connectivity index (χ3v) is 3.27. The molecule has 1 N–H and O–H groups in total. The van der Waals surface area contributed by atoms with E-state index >= 15 is 0 Å². The minimum atomic E-state index is -0.168. The Hall–Kier alpha value is -3.01. The van der Waals surface area contributed by atoms with Gasteiger partial charge in [-0.1, -0.05) is 42.5 Å². The van der Waals surface area contributed by atoms with E-state index in [1.165, 1.54) is 6.08 Å². The van der Waals surface area contributed by atoms with Gasteiger partial charge in [-0.25, -0.2) is 0 Å². The summed E-state index contributed by atoms with van der Waals surface area (Å²) in [6.07, 6.45) is 4.83. The highest BCUT2D eigenvalue weighted by molar-refractivity contribution is 5.91. The number of rotatable bonds is 8. The molecular formula is C20H21NO3. The van der Waals surface area contributed by atoms with E-state index in [1.807, 2.05) is 48.5 Å². The highest BCUT2D eigenvalue weighted by atomic mass is 16.5. The molecule has 0 spiro atoms. The molecule has 0 aliphatic rings. The van der Waals surface area contributed by atoms with Crippen molar-refractivity contribution in [3.8, 4) is 11.5 Å². The SMILES string of the molecule is C=CCNC(=O)/C=C/c1ccc(OCc2ccccc2)c(OC)c1. The van der Waals surface area contributed by atoms with Crippen LogP contribution in [0.2, 0.25) is 0 Å². The number of amides is 1. The van der Waals surface area contributed by atoms with E-state index in [0.717, 1.165) is 11.1 Å². The molecule has 0 aromatic heterocycles. The maximum Gasteiger partial charge on any atom is 0.244 e. The molecule has 0 unspecified atom stereocenters. The van der Waals surface area contributed by atoms with Gasteiger partial charge in [0.25, 0.3) is 0 Å². The molecule has 124 valence electrons. The molecule has 0 bridgehead atoms. The Morgan fingerprint density at radius 1 is 1.17 bits per heavy atom. The van der Waals surface area contributed by atoms with Gasteiger partial charge in [-0.2, -0.15) is 0 Å². The number of benzene rings is 2. The van der Waals surface area contributed by atoms with Crippen molar-refractivity contribution in [1.82, 2.24) is 5.32 Å². The molecule has 2 aromatic rings. The Morgan fingerprint density at radius 2 is 1.96 bits per heavy atom. The second kappa shape index (κ2) is 9.20. The Kier molecular flexibility index (Phi) is 6.65. The molecule has 4 heteroatoms. The molecule has 0 atom stereocenters. The molecule has 2 aromatic carbocycles. The van der Waals surface area contributed by atoms with E-state index in [4.69, 9.17) is 9.47 Å². The summed E-state index contributed by atoms with van der Waals surface area (Å²) in [4.78, 5) is 11.6. The predicted octanol–water partition coefficient (Wildman–Crippen LogP) is 3.59. The lowest BCUT2D eigenvalue weighted by Crippen LogP contribution is -2.20. The second-order valence-corrected chi connectivity index (χ2v) is 5.05. The number of nitrogens with one attached hydrogen (secondary N) is 1. The van der Waals surface area contributed by atoms with Crippen LogP contribution in [0, 0.1) is 0 Å². The first-order chi connectivity index (χ1) is 11.7. The Balaban J connectivity index is 2.03. The minimum Gasteiger partial charge on any atom is -0.493 e. The number of carbonyl (C=O) groups excluding carboxylic acids is 1. The van der Waals surface area contributed by atoms with E-state index in [-0.39, 0.29) is 5.91 Å². The normalized spacial score (nSPS) is 10.4. The van der Waals surface area contributed by atoms with Crippen molar-refractivity contribution in [1.29, 1.82) is 0 Å². The summed E-state index contributed by atoms with van der Waals surface area (Å²) >= 11 is 0. The second-order valence-electron chi connectivity index (χ2n) is 5.05. The lowest BCUT2D eigenvalue weighted by atomic mass is 10.2. The number of ether oxygens (including phenoxy) is 2. The molecular weight excluding hydrogens is 302 g/mol. The fraction of sp³-hybridized carbons (Fsp3) is 0.150. The quantitative estimate of drug-likeness (QED) is 0.596. The maximum atomic E-state index is 11.6. The van der Waals surface area contributed by atoms with Crippen LogP contribution in [-0.2, 0) is 11.4 Å². The first-order valence-corrected chi connectivity index (χ1v) is 7.64. The highest BCUT2D eigenvalue weighted by Crippen LogP contribution is 2.29. The van der Waals surface area contributed by atoms with Crippen molar-refractivity contribution in [2.45, 2.75) is 6.61 Å². The van der Waals surface area contributed by atoms with Crippen molar-refractivity contribution in [2.75, 3.05) is 13.7 Å². The van der Waals surface area contributed by atoms with Gasteiger partial charge in [0.2, 0.25) is 5.91 Å². The van der Waals surface area contributed by atoms with Crippen LogP contribution >= 0.6 is 0 Å².